The third-order valence-electron chi connectivity index (χ3n) is 3.25. The molecular weight excluding hydrogens is 258 g/mol. The van der Waals surface area contributed by atoms with Gasteiger partial charge in [-0.1, -0.05) is 0 Å². The van der Waals surface area contributed by atoms with Crippen LogP contribution in [0.1, 0.15) is 40.0 Å². The number of hydrogen-bond donors (Lipinski definition) is 2. The second-order valence-electron chi connectivity index (χ2n) is 6.33. The first-order valence-electron chi connectivity index (χ1n) is 7.25. The van der Waals surface area contributed by atoms with E-state index in [2.05, 4.69) is 5.32 Å². The average molecular weight is 285 g/mol. The molecule has 0 bridgehead atoms. The number of piperidine rings is 1. The lowest BCUT2D eigenvalue weighted by molar-refractivity contribution is -0.117. The molecule has 2 amide bonds. The maximum Gasteiger partial charge on any atom is 0.410 e. The third-order valence-corrected chi connectivity index (χ3v) is 3.25. The summed E-state index contributed by atoms with van der Waals surface area (Å²) in [7, 11) is 0. The van der Waals surface area contributed by atoms with Gasteiger partial charge >= 0.3 is 6.09 Å². The quantitative estimate of drug-likeness (QED) is 0.741. The number of amides is 2. The lowest BCUT2D eigenvalue weighted by Crippen LogP contribution is -2.43. The van der Waals surface area contributed by atoms with E-state index in [1.807, 2.05) is 20.8 Å². The summed E-state index contributed by atoms with van der Waals surface area (Å²) in [5.41, 5.74) is 4.64. The molecule has 6 nitrogen and oxygen atoms in total. The number of carbonyl (C=O) groups is 2. The lowest BCUT2D eigenvalue weighted by atomic mass is 9.97. The van der Waals surface area contributed by atoms with Gasteiger partial charge in [-0.25, -0.2) is 4.79 Å². The van der Waals surface area contributed by atoms with Crippen molar-refractivity contribution in [3.05, 3.63) is 0 Å². The van der Waals surface area contributed by atoms with Gasteiger partial charge in [0.05, 0.1) is 0 Å². The van der Waals surface area contributed by atoms with E-state index in [-0.39, 0.29) is 12.0 Å². The van der Waals surface area contributed by atoms with Gasteiger partial charge in [-0.15, -0.1) is 0 Å². The van der Waals surface area contributed by atoms with Crippen LogP contribution < -0.4 is 11.1 Å². The van der Waals surface area contributed by atoms with Crippen LogP contribution in [0.5, 0.6) is 0 Å². The molecule has 0 unspecified atom stereocenters. The van der Waals surface area contributed by atoms with Crippen LogP contribution in [-0.2, 0) is 9.53 Å². The zero-order chi connectivity index (χ0) is 15.2. The smallest absolute Gasteiger partial charge is 0.410 e. The summed E-state index contributed by atoms with van der Waals surface area (Å²) in [6.07, 6.45) is 2.07. The normalized spacial score (nSPS) is 17.1. The van der Waals surface area contributed by atoms with E-state index in [1.54, 1.807) is 4.90 Å². The lowest BCUT2D eigenvalue weighted by Gasteiger charge is -2.33. The number of ether oxygens (including phenoxy) is 1. The van der Waals surface area contributed by atoms with E-state index in [1.165, 1.54) is 0 Å². The summed E-state index contributed by atoms with van der Waals surface area (Å²) in [6.45, 7) is 8.59. The largest absolute Gasteiger partial charge is 0.444 e. The fourth-order valence-corrected chi connectivity index (χ4v) is 2.16. The Balaban J connectivity index is 2.19. The van der Waals surface area contributed by atoms with E-state index in [9.17, 15) is 9.59 Å². The maximum absolute atomic E-state index is 11.9. The number of nitrogens with two attached hydrogens (primary N) is 1. The molecular formula is C14H27N3O3. The monoisotopic (exact) mass is 285 g/mol. The molecule has 20 heavy (non-hydrogen) atoms. The van der Waals surface area contributed by atoms with Crippen LogP contribution in [0, 0.1) is 5.92 Å². The van der Waals surface area contributed by atoms with Crippen molar-refractivity contribution in [1.82, 2.24) is 10.2 Å². The van der Waals surface area contributed by atoms with E-state index in [0.29, 0.717) is 18.9 Å². The summed E-state index contributed by atoms with van der Waals surface area (Å²) in [6, 6.07) is 0. The molecule has 1 rings (SSSR count). The second kappa shape index (κ2) is 7.47. The van der Waals surface area contributed by atoms with Crippen LogP contribution in [0.4, 0.5) is 4.79 Å². The molecule has 1 saturated heterocycles. The molecule has 0 aromatic heterocycles. The molecule has 1 aliphatic rings. The summed E-state index contributed by atoms with van der Waals surface area (Å²) in [4.78, 5) is 24.3. The van der Waals surface area contributed by atoms with Crippen molar-refractivity contribution in [3.8, 4) is 0 Å². The molecule has 0 radical (unpaired) electrons. The number of likely N-dealkylation sites (tertiary alicyclic amines) is 1. The van der Waals surface area contributed by atoms with Crippen LogP contribution in [0.25, 0.3) is 0 Å². The Morgan fingerprint density at radius 1 is 1.30 bits per heavy atom. The van der Waals surface area contributed by atoms with E-state index in [4.69, 9.17) is 10.5 Å². The summed E-state index contributed by atoms with van der Waals surface area (Å²) >= 11 is 0. The van der Waals surface area contributed by atoms with Crippen molar-refractivity contribution in [1.29, 1.82) is 0 Å². The van der Waals surface area contributed by atoms with Crippen molar-refractivity contribution < 1.29 is 14.3 Å². The van der Waals surface area contributed by atoms with Crippen molar-refractivity contribution in [2.24, 2.45) is 11.7 Å². The average Bonchev–Trinajstić information content (AvgIpc) is 2.33. The predicted molar refractivity (Wildman–Crippen MR) is 77.2 cm³/mol. The molecule has 1 fully saturated rings. The van der Waals surface area contributed by atoms with E-state index in [0.717, 1.165) is 32.5 Å². The predicted octanol–water partition coefficient (Wildman–Crippen LogP) is 1.10. The highest BCUT2D eigenvalue weighted by Crippen LogP contribution is 2.19. The van der Waals surface area contributed by atoms with Crippen LogP contribution in [0.2, 0.25) is 0 Å². The van der Waals surface area contributed by atoms with Crippen LogP contribution in [0.3, 0.4) is 0 Å². The molecule has 0 aromatic carbocycles. The fourth-order valence-electron chi connectivity index (χ4n) is 2.16. The van der Waals surface area contributed by atoms with Gasteiger partial charge in [-0.05, 0) is 46.1 Å². The molecule has 0 aromatic rings. The minimum Gasteiger partial charge on any atom is -0.444 e. The van der Waals surface area contributed by atoms with Crippen LogP contribution in [-0.4, -0.2) is 48.7 Å². The van der Waals surface area contributed by atoms with Gasteiger partial charge in [0.1, 0.15) is 5.60 Å². The number of hydrogen-bond acceptors (Lipinski definition) is 4. The Labute approximate surface area is 121 Å². The molecule has 116 valence electrons. The minimum atomic E-state index is -0.440. The van der Waals surface area contributed by atoms with Crippen molar-refractivity contribution in [2.45, 2.75) is 45.6 Å². The van der Waals surface area contributed by atoms with Gasteiger partial charge in [0.2, 0.25) is 5.91 Å². The first kappa shape index (κ1) is 16.8. The number of nitrogens with one attached hydrogen (secondary N) is 1. The number of rotatable bonds is 5. The Hall–Kier alpha value is -1.30. The molecule has 1 aliphatic heterocycles. The Morgan fingerprint density at radius 2 is 1.90 bits per heavy atom. The highest BCUT2D eigenvalue weighted by atomic mass is 16.6. The van der Waals surface area contributed by atoms with Crippen LogP contribution in [0.15, 0.2) is 0 Å². The zero-order valence-corrected chi connectivity index (χ0v) is 12.8. The van der Waals surface area contributed by atoms with Crippen molar-refractivity contribution in [2.75, 3.05) is 26.2 Å². The maximum atomic E-state index is 11.9. The minimum absolute atomic E-state index is 0.224. The third kappa shape index (κ3) is 6.75. The molecule has 0 atom stereocenters. The SMILES string of the molecule is CC(C)(C)OC(=O)N1CCC(CNCCC(N)=O)CC1. The van der Waals surface area contributed by atoms with E-state index >= 15 is 0 Å². The highest BCUT2D eigenvalue weighted by molar-refractivity contribution is 5.73. The van der Waals surface area contributed by atoms with Gasteiger partial charge < -0.3 is 20.7 Å². The molecule has 3 N–H and O–H groups in total. The first-order chi connectivity index (χ1) is 9.28. The van der Waals surface area contributed by atoms with Gasteiger partial charge in [0, 0.05) is 26.1 Å². The summed E-state index contributed by atoms with van der Waals surface area (Å²) < 4.78 is 5.36. The second-order valence-corrected chi connectivity index (χ2v) is 6.33. The molecule has 6 heteroatoms. The highest BCUT2D eigenvalue weighted by Gasteiger charge is 2.26. The molecule has 0 spiro atoms. The standard InChI is InChI=1S/C14H27N3O3/c1-14(2,3)20-13(19)17-8-5-11(6-9-17)10-16-7-4-12(15)18/h11,16H,4-10H2,1-3H3,(H2,15,18). The van der Waals surface area contributed by atoms with Gasteiger partial charge in [-0.2, -0.15) is 0 Å². The number of carbonyl (C=O) groups excluding carboxylic acids is 2. The number of nitrogens with zero attached hydrogens (tertiary/aromatic N) is 1. The Bertz CT molecular complexity index is 331. The van der Waals surface area contributed by atoms with E-state index < -0.39 is 5.60 Å². The van der Waals surface area contributed by atoms with Gasteiger partial charge in [0.25, 0.3) is 0 Å². The van der Waals surface area contributed by atoms with Gasteiger partial charge in [0.15, 0.2) is 0 Å². The number of primary amides is 1. The zero-order valence-electron chi connectivity index (χ0n) is 12.8. The molecule has 1 heterocycles. The van der Waals surface area contributed by atoms with Gasteiger partial charge in [-0.3, -0.25) is 4.79 Å². The topological polar surface area (TPSA) is 84.7 Å². The first-order valence-corrected chi connectivity index (χ1v) is 7.25. The van der Waals surface area contributed by atoms with Crippen molar-refractivity contribution in [3.63, 3.8) is 0 Å². The van der Waals surface area contributed by atoms with Crippen LogP contribution >= 0.6 is 0 Å². The summed E-state index contributed by atoms with van der Waals surface area (Å²) in [5, 5.41) is 3.23. The Kier molecular flexibility index (Phi) is 6.26. The molecule has 0 saturated carbocycles. The molecule has 0 aliphatic carbocycles. The summed E-state index contributed by atoms with van der Waals surface area (Å²) in [5.74, 6) is 0.263. The van der Waals surface area contributed by atoms with Crippen molar-refractivity contribution >= 4 is 12.0 Å². The fraction of sp³-hybridized carbons (Fsp3) is 0.857. The Morgan fingerprint density at radius 3 is 2.40 bits per heavy atom.